The van der Waals surface area contributed by atoms with Crippen LogP contribution in [-0.4, -0.2) is 112 Å². The second-order valence-corrected chi connectivity index (χ2v) is 16.2. The number of hydrogen-bond donors (Lipinski definition) is 7. The van der Waals surface area contributed by atoms with Crippen LogP contribution in [0.15, 0.2) is 0 Å². The van der Waals surface area contributed by atoms with Gasteiger partial charge in [0.1, 0.15) is 35.5 Å². The van der Waals surface area contributed by atoms with E-state index in [0.29, 0.717) is 38.0 Å². The van der Waals surface area contributed by atoms with E-state index in [1.165, 1.54) is 32.1 Å². The van der Waals surface area contributed by atoms with Crippen molar-refractivity contribution in [3.63, 3.8) is 0 Å². The van der Waals surface area contributed by atoms with Crippen molar-refractivity contribution in [3.8, 4) is 0 Å². The van der Waals surface area contributed by atoms with Gasteiger partial charge >= 0.3 is 0 Å². The lowest BCUT2D eigenvalue weighted by Gasteiger charge is -2.52. The number of piperidine rings is 1. The monoisotopic (exact) mass is 680 g/mol. The second-order valence-electron chi connectivity index (χ2n) is 16.2. The normalized spacial score (nSPS) is 47.4. The Balaban J connectivity index is 1.14. The van der Waals surface area contributed by atoms with E-state index in [0.717, 1.165) is 25.8 Å². The van der Waals surface area contributed by atoms with Crippen LogP contribution in [0.2, 0.25) is 0 Å². The summed E-state index contributed by atoms with van der Waals surface area (Å²) in [5.41, 5.74) is 4.10. The number of nitrogens with one attached hydrogen (secondary N) is 1. The summed E-state index contributed by atoms with van der Waals surface area (Å²) in [6.45, 7) is 0.122. The fourth-order valence-corrected chi connectivity index (χ4v) is 10.4. The number of methoxy groups -OCH3 is 1. The highest BCUT2D eigenvalue weighted by Crippen LogP contribution is 2.50. The van der Waals surface area contributed by atoms with Gasteiger partial charge < -0.3 is 50.8 Å². The molecular weight excluding hydrogens is 620 g/mol. The van der Waals surface area contributed by atoms with Gasteiger partial charge in [0.2, 0.25) is 0 Å². The molecule has 4 aliphatic carbocycles. The maximum Gasteiger partial charge on any atom is 0.187 e. The van der Waals surface area contributed by atoms with Crippen LogP contribution in [0.1, 0.15) is 96.3 Å². The first-order valence-corrected chi connectivity index (χ1v) is 18.8. The van der Waals surface area contributed by atoms with Crippen molar-refractivity contribution in [2.75, 3.05) is 20.3 Å². The van der Waals surface area contributed by atoms with Crippen LogP contribution >= 0.6 is 0 Å². The molecule has 2 heterocycles. The number of nitrogens with two attached hydrogens (primary N) is 1. The van der Waals surface area contributed by atoms with Crippen LogP contribution in [-0.2, 0) is 23.8 Å². The zero-order chi connectivity index (χ0) is 34.2. The Morgan fingerprint density at radius 3 is 2.31 bits per heavy atom. The Labute approximate surface area is 284 Å². The van der Waals surface area contributed by atoms with Crippen LogP contribution in [0.5, 0.6) is 0 Å². The molecule has 0 aromatic carbocycles. The highest BCUT2D eigenvalue weighted by molar-refractivity contribution is 6.00. The lowest BCUT2D eigenvalue weighted by molar-refractivity contribution is -0.346. The molecule has 2 saturated heterocycles. The molecule has 12 nitrogen and oxygen atoms in total. The van der Waals surface area contributed by atoms with Gasteiger partial charge in [-0.3, -0.25) is 9.59 Å². The van der Waals surface area contributed by atoms with E-state index in [2.05, 4.69) is 5.32 Å². The smallest absolute Gasteiger partial charge is 0.187 e. The van der Waals surface area contributed by atoms with E-state index < -0.39 is 72.7 Å². The summed E-state index contributed by atoms with van der Waals surface area (Å²) < 4.78 is 18.0. The van der Waals surface area contributed by atoms with Crippen molar-refractivity contribution >= 4 is 11.6 Å². The third-order valence-electron chi connectivity index (χ3n) is 13.2. The molecule has 15 unspecified atom stereocenters. The molecule has 8 N–H and O–H groups in total. The molecule has 0 bridgehead atoms. The minimum absolute atomic E-state index is 0.0215. The van der Waals surface area contributed by atoms with Gasteiger partial charge in [0.15, 0.2) is 6.29 Å². The molecule has 2 aliphatic heterocycles. The van der Waals surface area contributed by atoms with Crippen molar-refractivity contribution in [2.45, 2.75) is 151 Å². The Hall–Kier alpha value is -1.06. The molecule has 12 heteroatoms. The van der Waals surface area contributed by atoms with Gasteiger partial charge in [-0.2, -0.15) is 0 Å². The van der Waals surface area contributed by atoms with Gasteiger partial charge in [-0.25, -0.2) is 0 Å². The minimum atomic E-state index is -1.93. The molecule has 274 valence electrons. The SMILES string of the molecule is COC1CC(OC2OC(CO)C(O)(CCC3CCNC(N)C3)C(O)C2O)C2C(=O)C3C(O)CC(CCC4CCCCC4)CC3C(=O)C2C1. The molecule has 15 atom stereocenters. The average Bonchev–Trinajstić information content (AvgIpc) is 3.09. The van der Waals surface area contributed by atoms with Crippen LogP contribution in [0.3, 0.4) is 0 Å². The summed E-state index contributed by atoms with van der Waals surface area (Å²) in [6, 6.07) is 0. The largest absolute Gasteiger partial charge is 0.394 e. The molecule has 0 radical (unpaired) electrons. The van der Waals surface area contributed by atoms with Crippen LogP contribution in [0.4, 0.5) is 0 Å². The topological polar surface area (TPSA) is 201 Å². The maximum absolute atomic E-state index is 14.3. The summed E-state index contributed by atoms with van der Waals surface area (Å²) in [7, 11) is 1.55. The highest BCUT2D eigenvalue weighted by Gasteiger charge is 2.60. The van der Waals surface area contributed by atoms with E-state index in [-0.39, 0.29) is 48.5 Å². The summed E-state index contributed by atoms with van der Waals surface area (Å²) in [6.07, 6.45) is 3.93. The predicted octanol–water partition coefficient (Wildman–Crippen LogP) is 1.16. The zero-order valence-corrected chi connectivity index (χ0v) is 28.5. The molecule has 6 rings (SSSR count). The Bertz CT molecular complexity index is 1100. The number of rotatable bonds is 10. The maximum atomic E-state index is 14.3. The number of ether oxygens (including phenoxy) is 3. The van der Waals surface area contributed by atoms with Crippen molar-refractivity contribution in [2.24, 2.45) is 47.2 Å². The number of ketones is 2. The third-order valence-corrected chi connectivity index (χ3v) is 13.2. The summed E-state index contributed by atoms with van der Waals surface area (Å²) in [5.74, 6) is -1.93. The highest BCUT2D eigenvalue weighted by atomic mass is 16.7. The number of aliphatic hydroxyl groups excluding tert-OH is 4. The van der Waals surface area contributed by atoms with E-state index in [4.69, 9.17) is 19.9 Å². The van der Waals surface area contributed by atoms with Crippen molar-refractivity contribution in [1.82, 2.24) is 5.32 Å². The van der Waals surface area contributed by atoms with Crippen molar-refractivity contribution in [3.05, 3.63) is 0 Å². The number of carbonyl (C=O) groups excluding carboxylic acids is 2. The predicted molar refractivity (Wildman–Crippen MR) is 174 cm³/mol. The molecule has 4 saturated carbocycles. The second kappa shape index (κ2) is 15.7. The minimum Gasteiger partial charge on any atom is -0.394 e. The lowest BCUT2D eigenvalue weighted by Crippen LogP contribution is -2.68. The number of carbonyl (C=O) groups is 2. The molecule has 48 heavy (non-hydrogen) atoms. The van der Waals surface area contributed by atoms with E-state index in [1.807, 2.05) is 0 Å². The standard InChI is InChI=1S/C36H60N2O10/c1-46-22-16-24-30(32(42)29-23(31(24)41)13-21(14-25(29)40)8-7-19-5-3-2-4-6-19)26(17-22)47-35-33(43)34(44)36(45,27(18-39)48-35)11-9-20-10-12-38-28(37)15-20/h19-30,33-35,38-40,43-45H,2-18,37H2,1H3. The zero-order valence-electron chi connectivity index (χ0n) is 28.5. The average molecular weight is 681 g/mol. The first-order valence-electron chi connectivity index (χ1n) is 18.8. The first-order chi connectivity index (χ1) is 23.0. The van der Waals surface area contributed by atoms with Crippen molar-refractivity contribution in [1.29, 1.82) is 0 Å². The van der Waals surface area contributed by atoms with Gasteiger partial charge in [-0.15, -0.1) is 0 Å². The molecule has 0 amide bonds. The molecule has 0 aromatic heterocycles. The molecule has 6 fully saturated rings. The Morgan fingerprint density at radius 2 is 1.60 bits per heavy atom. The molecule has 6 aliphatic rings. The van der Waals surface area contributed by atoms with Gasteiger partial charge in [0.05, 0.1) is 42.9 Å². The van der Waals surface area contributed by atoms with E-state index >= 15 is 0 Å². The van der Waals surface area contributed by atoms with Crippen LogP contribution in [0.25, 0.3) is 0 Å². The van der Waals surface area contributed by atoms with Gasteiger partial charge in [0.25, 0.3) is 0 Å². The third kappa shape index (κ3) is 7.45. The quantitative estimate of drug-likeness (QED) is 0.174. The van der Waals surface area contributed by atoms with Crippen LogP contribution in [0, 0.1) is 41.4 Å². The Kier molecular flexibility index (Phi) is 12.0. The number of fused-ring (bicyclic) bond motifs is 2. The summed E-state index contributed by atoms with van der Waals surface area (Å²) in [4.78, 5) is 28.4. The first kappa shape index (κ1) is 36.7. The summed E-state index contributed by atoms with van der Waals surface area (Å²) >= 11 is 0. The molecule has 0 aromatic rings. The van der Waals surface area contributed by atoms with Crippen molar-refractivity contribution < 1.29 is 49.3 Å². The fraction of sp³-hybridized carbons (Fsp3) is 0.944. The number of aliphatic hydroxyl groups is 5. The summed E-state index contributed by atoms with van der Waals surface area (Å²) in [5, 5.41) is 58.9. The van der Waals surface area contributed by atoms with Crippen LogP contribution < -0.4 is 11.1 Å². The molecular formula is C36H60N2O10. The number of hydrogen-bond acceptors (Lipinski definition) is 12. The van der Waals surface area contributed by atoms with Gasteiger partial charge in [0, 0.05) is 25.4 Å². The van der Waals surface area contributed by atoms with E-state index in [1.54, 1.807) is 7.11 Å². The lowest BCUT2D eigenvalue weighted by atomic mass is 9.55. The Morgan fingerprint density at radius 1 is 0.875 bits per heavy atom. The van der Waals surface area contributed by atoms with Gasteiger partial charge in [-0.1, -0.05) is 44.9 Å². The fourth-order valence-electron chi connectivity index (χ4n) is 10.4. The molecule has 0 spiro atoms. The number of Topliss-reactive ketones (excluding diaryl/α,β-unsaturated/α-hetero) is 2. The van der Waals surface area contributed by atoms with E-state index in [9.17, 15) is 35.1 Å². The van der Waals surface area contributed by atoms with Gasteiger partial charge in [-0.05, 0) is 69.2 Å².